The lowest BCUT2D eigenvalue weighted by molar-refractivity contribution is -0.117. The van der Waals surface area contributed by atoms with Crippen LogP contribution in [0.2, 0.25) is 5.02 Å². The van der Waals surface area contributed by atoms with Crippen LogP contribution in [0.3, 0.4) is 0 Å². The Balaban J connectivity index is 2.32. The largest absolute Gasteiger partial charge is 0.465 e. The van der Waals surface area contributed by atoms with Gasteiger partial charge in [-0.1, -0.05) is 11.6 Å². The van der Waals surface area contributed by atoms with Crippen molar-refractivity contribution >= 4 is 29.3 Å². The zero-order valence-corrected chi connectivity index (χ0v) is 13.6. The van der Waals surface area contributed by atoms with Crippen molar-refractivity contribution < 1.29 is 23.1 Å². The summed E-state index contributed by atoms with van der Waals surface area (Å²) in [6.07, 6.45) is 0.900. The monoisotopic (exact) mass is 354 g/mol. The summed E-state index contributed by atoms with van der Waals surface area (Å²) in [5.41, 5.74) is -0.189. The first kappa shape index (κ1) is 17.8. The van der Waals surface area contributed by atoms with E-state index in [-0.39, 0.29) is 16.9 Å². The molecule has 0 aliphatic carbocycles. The van der Waals surface area contributed by atoms with Gasteiger partial charge >= 0.3 is 5.97 Å². The van der Waals surface area contributed by atoms with Gasteiger partial charge in [0.15, 0.2) is 0 Å². The molecule has 8 heteroatoms. The Morgan fingerprint density at radius 2 is 1.92 bits per heavy atom. The van der Waals surface area contributed by atoms with Crippen LogP contribution in [0, 0.1) is 11.6 Å². The SMILES string of the molecule is COC(=O)c1cccnc1N(C)C(=O)Cc1c(F)ccc(F)c1Cl. The number of hydrogen-bond donors (Lipinski definition) is 0. The minimum Gasteiger partial charge on any atom is -0.465 e. The highest BCUT2D eigenvalue weighted by Gasteiger charge is 2.23. The van der Waals surface area contributed by atoms with Gasteiger partial charge < -0.3 is 4.74 Å². The Hall–Kier alpha value is -2.54. The maximum Gasteiger partial charge on any atom is 0.341 e. The molecule has 24 heavy (non-hydrogen) atoms. The van der Waals surface area contributed by atoms with Crippen molar-refractivity contribution in [2.75, 3.05) is 19.1 Å². The predicted molar refractivity (Wildman–Crippen MR) is 84.1 cm³/mol. The molecule has 1 heterocycles. The van der Waals surface area contributed by atoms with Gasteiger partial charge in [-0.05, 0) is 24.3 Å². The molecule has 0 N–H and O–H groups in total. The van der Waals surface area contributed by atoms with Gasteiger partial charge in [0.25, 0.3) is 0 Å². The number of hydrogen-bond acceptors (Lipinski definition) is 4. The molecule has 0 spiro atoms. The number of carbonyl (C=O) groups is 2. The van der Waals surface area contributed by atoms with Crippen molar-refractivity contribution in [1.82, 2.24) is 4.98 Å². The van der Waals surface area contributed by atoms with Gasteiger partial charge in [-0.25, -0.2) is 18.6 Å². The quantitative estimate of drug-likeness (QED) is 0.625. The number of pyridine rings is 1. The zero-order valence-electron chi connectivity index (χ0n) is 12.8. The van der Waals surface area contributed by atoms with Gasteiger partial charge in [-0.15, -0.1) is 0 Å². The van der Waals surface area contributed by atoms with E-state index >= 15 is 0 Å². The summed E-state index contributed by atoms with van der Waals surface area (Å²) in [7, 11) is 2.56. The third-order valence-electron chi connectivity index (χ3n) is 3.35. The second kappa shape index (κ2) is 7.35. The van der Waals surface area contributed by atoms with E-state index in [2.05, 4.69) is 9.72 Å². The molecule has 0 bridgehead atoms. The molecule has 1 aromatic heterocycles. The van der Waals surface area contributed by atoms with Crippen LogP contribution >= 0.6 is 11.6 Å². The summed E-state index contributed by atoms with van der Waals surface area (Å²) >= 11 is 5.72. The molecule has 1 amide bonds. The number of rotatable bonds is 4. The zero-order chi connectivity index (χ0) is 17.9. The molecule has 0 saturated heterocycles. The van der Waals surface area contributed by atoms with Crippen molar-refractivity contribution in [2.45, 2.75) is 6.42 Å². The van der Waals surface area contributed by atoms with Gasteiger partial charge in [-0.3, -0.25) is 9.69 Å². The van der Waals surface area contributed by atoms with Crippen LogP contribution in [-0.2, 0) is 16.0 Å². The minimum atomic E-state index is -0.823. The summed E-state index contributed by atoms with van der Waals surface area (Å²) in [6, 6.07) is 4.72. The Bertz CT molecular complexity index is 799. The number of nitrogens with zero attached hydrogens (tertiary/aromatic N) is 2. The summed E-state index contributed by atoms with van der Waals surface area (Å²) in [5.74, 6) is -2.87. The van der Waals surface area contributed by atoms with Crippen molar-refractivity contribution in [2.24, 2.45) is 0 Å². The molecule has 0 radical (unpaired) electrons. The van der Waals surface area contributed by atoms with Crippen LogP contribution in [0.25, 0.3) is 0 Å². The highest BCUT2D eigenvalue weighted by atomic mass is 35.5. The lowest BCUT2D eigenvalue weighted by Crippen LogP contribution is -2.30. The number of carbonyl (C=O) groups excluding carboxylic acids is 2. The van der Waals surface area contributed by atoms with Crippen molar-refractivity contribution in [3.05, 3.63) is 58.2 Å². The number of anilines is 1. The van der Waals surface area contributed by atoms with Crippen LogP contribution in [0.4, 0.5) is 14.6 Å². The number of ether oxygens (including phenoxy) is 1. The molecule has 0 atom stereocenters. The third kappa shape index (κ3) is 3.51. The second-order valence-corrected chi connectivity index (χ2v) is 5.20. The first-order valence-corrected chi connectivity index (χ1v) is 7.16. The van der Waals surface area contributed by atoms with Gasteiger partial charge in [0, 0.05) is 18.8 Å². The number of likely N-dealkylation sites (N-methyl/N-ethyl adjacent to an activating group) is 1. The van der Waals surface area contributed by atoms with Gasteiger partial charge in [0.1, 0.15) is 23.0 Å². The number of amides is 1. The van der Waals surface area contributed by atoms with E-state index in [9.17, 15) is 18.4 Å². The minimum absolute atomic E-state index is 0.0438. The van der Waals surface area contributed by atoms with E-state index in [0.29, 0.717) is 0 Å². The molecule has 2 aromatic rings. The molecular weight excluding hydrogens is 342 g/mol. The summed E-state index contributed by atoms with van der Waals surface area (Å²) < 4.78 is 31.9. The number of aromatic nitrogens is 1. The molecular formula is C16H13ClF2N2O3. The lowest BCUT2D eigenvalue weighted by atomic mass is 10.1. The fourth-order valence-corrected chi connectivity index (χ4v) is 2.27. The highest BCUT2D eigenvalue weighted by Crippen LogP contribution is 2.25. The smallest absolute Gasteiger partial charge is 0.341 e. The molecule has 0 saturated carbocycles. The first-order chi connectivity index (χ1) is 11.4. The van der Waals surface area contributed by atoms with E-state index in [0.717, 1.165) is 17.0 Å². The van der Waals surface area contributed by atoms with E-state index < -0.39 is 35.0 Å². The Morgan fingerprint density at radius 3 is 2.58 bits per heavy atom. The maximum absolute atomic E-state index is 13.8. The van der Waals surface area contributed by atoms with Gasteiger partial charge in [0.05, 0.1) is 18.6 Å². The molecule has 5 nitrogen and oxygen atoms in total. The molecule has 1 aromatic carbocycles. The van der Waals surface area contributed by atoms with E-state index in [1.54, 1.807) is 0 Å². The van der Waals surface area contributed by atoms with Crippen LogP contribution in [0.15, 0.2) is 30.5 Å². The van der Waals surface area contributed by atoms with E-state index in [1.165, 1.54) is 32.5 Å². The van der Waals surface area contributed by atoms with Crippen molar-refractivity contribution in [1.29, 1.82) is 0 Å². The third-order valence-corrected chi connectivity index (χ3v) is 3.76. The van der Waals surface area contributed by atoms with Crippen LogP contribution in [-0.4, -0.2) is 31.0 Å². The topological polar surface area (TPSA) is 59.5 Å². The number of halogens is 3. The molecule has 126 valence electrons. The van der Waals surface area contributed by atoms with Crippen molar-refractivity contribution in [3.63, 3.8) is 0 Å². The summed E-state index contributed by atoms with van der Waals surface area (Å²) in [6.45, 7) is 0. The predicted octanol–water partition coefficient (Wildman–Crippen LogP) is 3.01. The fraction of sp³-hybridized carbons (Fsp3) is 0.188. The Labute approximate surface area is 141 Å². The van der Waals surface area contributed by atoms with Gasteiger partial charge in [-0.2, -0.15) is 0 Å². The van der Waals surface area contributed by atoms with Crippen LogP contribution in [0.5, 0.6) is 0 Å². The molecule has 0 fully saturated rings. The average molecular weight is 355 g/mol. The number of methoxy groups -OCH3 is 1. The lowest BCUT2D eigenvalue weighted by Gasteiger charge is -2.19. The summed E-state index contributed by atoms with van der Waals surface area (Å²) in [5, 5.41) is -0.453. The standard InChI is InChI=1S/C16H13ClF2N2O3/c1-21(15-9(16(23)24-2)4-3-7-20-15)13(22)8-10-11(18)5-6-12(19)14(10)17/h3-7H,8H2,1-2H3. The normalized spacial score (nSPS) is 10.4. The highest BCUT2D eigenvalue weighted by molar-refractivity contribution is 6.31. The Kier molecular flexibility index (Phi) is 5.46. The molecule has 2 rings (SSSR count). The van der Waals surface area contributed by atoms with Crippen molar-refractivity contribution in [3.8, 4) is 0 Å². The molecule has 0 unspecified atom stereocenters. The summed E-state index contributed by atoms with van der Waals surface area (Å²) in [4.78, 5) is 29.2. The molecule has 0 aliphatic heterocycles. The van der Waals surface area contributed by atoms with E-state index in [1.807, 2.05) is 0 Å². The maximum atomic E-state index is 13.8. The second-order valence-electron chi connectivity index (χ2n) is 4.82. The number of benzene rings is 1. The van der Waals surface area contributed by atoms with Gasteiger partial charge in [0.2, 0.25) is 5.91 Å². The van der Waals surface area contributed by atoms with E-state index in [4.69, 9.17) is 11.6 Å². The number of esters is 1. The Morgan fingerprint density at radius 1 is 1.25 bits per heavy atom. The van der Waals surface area contributed by atoms with Crippen LogP contribution in [0.1, 0.15) is 15.9 Å². The average Bonchev–Trinajstić information content (AvgIpc) is 2.60. The fourth-order valence-electron chi connectivity index (χ4n) is 2.05. The van der Waals surface area contributed by atoms with Crippen LogP contribution < -0.4 is 4.90 Å². The molecule has 0 aliphatic rings. The first-order valence-electron chi connectivity index (χ1n) is 6.79.